The second kappa shape index (κ2) is 11.5. The van der Waals surface area contributed by atoms with Crippen LogP contribution in [0.15, 0.2) is 78.0 Å². The molecule has 1 unspecified atom stereocenters. The van der Waals surface area contributed by atoms with Crippen LogP contribution in [0.3, 0.4) is 0 Å². The van der Waals surface area contributed by atoms with E-state index in [0.29, 0.717) is 6.54 Å². The first-order chi connectivity index (χ1) is 15.8. The van der Waals surface area contributed by atoms with Crippen molar-refractivity contribution in [2.45, 2.75) is 19.1 Å². The quantitative estimate of drug-likeness (QED) is 0.423. The maximum absolute atomic E-state index is 5.56. The molecular weight excluding hydrogens is 400 g/mol. The van der Waals surface area contributed by atoms with Crippen LogP contribution in [-0.4, -0.2) is 60.5 Å². The van der Waals surface area contributed by atoms with Gasteiger partial charge in [0, 0.05) is 45.6 Å². The maximum atomic E-state index is 5.56. The topological polar surface area (TPSA) is 66.7 Å². The highest BCUT2D eigenvalue weighted by molar-refractivity contribution is 5.79. The molecule has 1 saturated heterocycles. The van der Waals surface area contributed by atoms with Crippen molar-refractivity contribution < 1.29 is 4.74 Å². The van der Waals surface area contributed by atoms with Crippen molar-refractivity contribution in [2.75, 3.05) is 39.9 Å². The number of hydrogen-bond donors (Lipinski definition) is 2. The molecule has 1 fully saturated rings. The van der Waals surface area contributed by atoms with E-state index >= 15 is 0 Å². The highest BCUT2D eigenvalue weighted by atomic mass is 16.5. The molecule has 0 spiro atoms. The Labute approximate surface area is 190 Å². The van der Waals surface area contributed by atoms with E-state index in [-0.39, 0.29) is 6.04 Å². The zero-order valence-corrected chi connectivity index (χ0v) is 18.7. The molecule has 2 heterocycles. The molecule has 7 heteroatoms. The molecule has 1 aromatic heterocycles. The molecule has 7 nitrogen and oxygen atoms in total. The summed E-state index contributed by atoms with van der Waals surface area (Å²) in [6, 6.07) is 21.3. The van der Waals surface area contributed by atoms with Crippen molar-refractivity contribution in [1.82, 2.24) is 25.3 Å². The van der Waals surface area contributed by atoms with Gasteiger partial charge in [0.1, 0.15) is 0 Å². The lowest BCUT2D eigenvalue weighted by atomic mass is 10.0. The van der Waals surface area contributed by atoms with Crippen LogP contribution in [0.5, 0.6) is 0 Å². The Morgan fingerprint density at radius 2 is 1.75 bits per heavy atom. The highest BCUT2D eigenvalue weighted by Crippen LogP contribution is 2.21. The lowest BCUT2D eigenvalue weighted by Gasteiger charge is -2.35. The Kier molecular flexibility index (Phi) is 7.89. The van der Waals surface area contributed by atoms with Gasteiger partial charge in [0.05, 0.1) is 25.8 Å². The predicted octanol–water partition coefficient (Wildman–Crippen LogP) is 2.67. The van der Waals surface area contributed by atoms with Gasteiger partial charge < -0.3 is 15.4 Å². The van der Waals surface area contributed by atoms with Crippen LogP contribution in [0.25, 0.3) is 0 Å². The number of guanidine groups is 1. The number of nitrogens with one attached hydrogen (secondary N) is 2. The largest absolute Gasteiger partial charge is 0.379 e. The zero-order chi connectivity index (χ0) is 22.0. The maximum Gasteiger partial charge on any atom is 0.191 e. The fraction of sp³-hybridized carbons (Fsp3) is 0.360. The van der Waals surface area contributed by atoms with Gasteiger partial charge in [-0.1, -0.05) is 54.6 Å². The lowest BCUT2D eigenvalue weighted by molar-refractivity contribution is 0.0170. The molecule has 4 rings (SSSR count). The Morgan fingerprint density at radius 3 is 2.47 bits per heavy atom. The summed E-state index contributed by atoms with van der Waals surface area (Å²) in [7, 11) is 1.82. The summed E-state index contributed by atoms with van der Waals surface area (Å²) in [5.41, 5.74) is 3.79. The summed E-state index contributed by atoms with van der Waals surface area (Å²) in [6.07, 6.45) is 3.80. The molecule has 0 saturated carbocycles. The number of nitrogens with zero attached hydrogens (tertiary/aromatic N) is 4. The molecule has 1 aliphatic heterocycles. The van der Waals surface area contributed by atoms with Gasteiger partial charge in [-0.25, -0.2) is 0 Å². The van der Waals surface area contributed by atoms with Gasteiger partial charge in [-0.15, -0.1) is 0 Å². The summed E-state index contributed by atoms with van der Waals surface area (Å²) >= 11 is 0. The molecule has 0 bridgehead atoms. The molecular formula is C25H32N6O. The molecule has 3 aromatic rings. The van der Waals surface area contributed by atoms with Crippen molar-refractivity contribution in [3.63, 3.8) is 0 Å². The van der Waals surface area contributed by atoms with Crippen LogP contribution in [0.1, 0.15) is 22.7 Å². The Morgan fingerprint density at radius 1 is 1.00 bits per heavy atom. The molecule has 2 aromatic carbocycles. The monoisotopic (exact) mass is 432 g/mol. The summed E-state index contributed by atoms with van der Waals surface area (Å²) in [6.45, 7) is 5.67. The minimum Gasteiger partial charge on any atom is -0.379 e. The molecule has 2 N–H and O–H groups in total. The third kappa shape index (κ3) is 5.96. The van der Waals surface area contributed by atoms with E-state index in [1.165, 1.54) is 16.7 Å². The molecule has 0 amide bonds. The number of aromatic nitrogens is 2. The van der Waals surface area contributed by atoms with Crippen molar-refractivity contribution >= 4 is 5.96 Å². The van der Waals surface area contributed by atoms with Gasteiger partial charge in [0.15, 0.2) is 5.96 Å². The van der Waals surface area contributed by atoms with Gasteiger partial charge in [-0.2, -0.15) is 5.10 Å². The Balaban J connectivity index is 1.38. The third-order valence-electron chi connectivity index (χ3n) is 5.81. The zero-order valence-electron chi connectivity index (χ0n) is 18.7. The number of hydrogen-bond acceptors (Lipinski definition) is 4. The summed E-state index contributed by atoms with van der Waals surface area (Å²) in [5.74, 6) is 0.799. The molecule has 1 atom stereocenters. The Hall–Kier alpha value is -3.16. The SMILES string of the molecule is CN=C(NCc1ccccc1Cn1cccn1)NCC(c1ccccc1)N1CCOCC1. The van der Waals surface area contributed by atoms with Crippen LogP contribution in [0.2, 0.25) is 0 Å². The van der Waals surface area contributed by atoms with E-state index in [1.54, 1.807) is 0 Å². The molecule has 0 aliphatic carbocycles. The summed E-state index contributed by atoms with van der Waals surface area (Å²) in [5, 5.41) is 11.4. The molecule has 32 heavy (non-hydrogen) atoms. The normalized spacial score (nSPS) is 16.0. The number of ether oxygens (including phenoxy) is 1. The first-order valence-corrected chi connectivity index (χ1v) is 11.2. The van der Waals surface area contributed by atoms with Gasteiger partial charge in [0.2, 0.25) is 0 Å². The first-order valence-electron chi connectivity index (χ1n) is 11.2. The van der Waals surface area contributed by atoms with Crippen molar-refractivity contribution in [2.24, 2.45) is 4.99 Å². The number of rotatable bonds is 8. The number of aliphatic imine (C=N–C) groups is 1. The standard InChI is InChI=1S/C25H32N6O/c1-26-25(27-18-22-10-5-6-11-23(22)20-31-13-7-12-29-31)28-19-24(21-8-3-2-4-9-21)30-14-16-32-17-15-30/h2-13,24H,14-20H2,1H3,(H2,26,27,28). The van der Waals surface area contributed by atoms with E-state index in [4.69, 9.17) is 4.74 Å². The van der Waals surface area contributed by atoms with Gasteiger partial charge in [0.25, 0.3) is 0 Å². The molecule has 1 aliphatic rings. The van der Waals surface area contributed by atoms with Gasteiger partial charge in [-0.3, -0.25) is 14.6 Å². The second-order valence-electron chi connectivity index (χ2n) is 7.85. The Bertz CT molecular complexity index is 967. The van der Waals surface area contributed by atoms with E-state index in [1.807, 2.05) is 30.2 Å². The minimum atomic E-state index is 0.269. The van der Waals surface area contributed by atoms with Crippen LogP contribution in [0.4, 0.5) is 0 Å². The average molecular weight is 433 g/mol. The second-order valence-corrected chi connectivity index (χ2v) is 7.85. The lowest BCUT2D eigenvalue weighted by Crippen LogP contribution is -2.46. The van der Waals surface area contributed by atoms with E-state index in [9.17, 15) is 0 Å². The fourth-order valence-corrected chi connectivity index (χ4v) is 4.07. The van der Waals surface area contributed by atoms with Crippen LogP contribution in [-0.2, 0) is 17.8 Å². The summed E-state index contributed by atoms with van der Waals surface area (Å²) < 4.78 is 7.51. The smallest absolute Gasteiger partial charge is 0.191 e. The molecule has 0 radical (unpaired) electrons. The average Bonchev–Trinajstić information content (AvgIpc) is 3.36. The predicted molar refractivity (Wildman–Crippen MR) is 128 cm³/mol. The van der Waals surface area contributed by atoms with E-state index in [2.05, 4.69) is 80.2 Å². The third-order valence-corrected chi connectivity index (χ3v) is 5.81. The first kappa shape index (κ1) is 22.0. The summed E-state index contributed by atoms with van der Waals surface area (Å²) in [4.78, 5) is 6.94. The van der Waals surface area contributed by atoms with Gasteiger partial charge in [-0.05, 0) is 22.8 Å². The fourth-order valence-electron chi connectivity index (χ4n) is 4.07. The van der Waals surface area contributed by atoms with Crippen molar-refractivity contribution in [1.29, 1.82) is 0 Å². The highest BCUT2D eigenvalue weighted by Gasteiger charge is 2.22. The van der Waals surface area contributed by atoms with E-state index < -0.39 is 0 Å². The number of morpholine rings is 1. The van der Waals surface area contributed by atoms with Crippen LogP contribution >= 0.6 is 0 Å². The van der Waals surface area contributed by atoms with Crippen molar-refractivity contribution in [3.05, 3.63) is 89.7 Å². The van der Waals surface area contributed by atoms with E-state index in [0.717, 1.165) is 45.4 Å². The van der Waals surface area contributed by atoms with Gasteiger partial charge >= 0.3 is 0 Å². The van der Waals surface area contributed by atoms with Crippen LogP contribution < -0.4 is 10.6 Å². The van der Waals surface area contributed by atoms with Crippen LogP contribution in [0, 0.1) is 0 Å². The number of benzene rings is 2. The minimum absolute atomic E-state index is 0.269. The molecule has 168 valence electrons. The van der Waals surface area contributed by atoms with Crippen molar-refractivity contribution in [3.8, 4) is 0 Å².